The smallest absolute Gasteiger partial charge is 0.261 e. The van der Waals surface area contributed by atoms with Gasteiger partial charge in [-0.1, -0.05) is 84.9 Å². The van der Waals surface area contributed by atoms with Gasteiger partial charge in [0.2, 0.25) is 5.91 Å². The average molecular weight is 462 g/mol. The molecule has 4 atom stereocenters. The summed E-state index contributed by atoms with van der Waals surface area (Å²) in [7, 11) is 0. The summed E-state index contributed by atoms with van der Waals surface area (Å²) in [6.07, 6.45) is -0.00196. The number of hydrogen-bond acceptors (Lipinski definition) is 5. The lowest BCUT2D eigenvalue weighted by molar-refractivity contribution is -0.131. The first kappa shape index (κ1) is 23.0. The minimum Gasteiger partial charge on any atom is -0.390 e. The lowest BCUT2D eigenvalue weighted by Crippen LogP contribution is -2.57. The molecule has 3 aromatic rings. The predicted octanol–water partition coefficient (Wildman–Crippen LogP) is 2.23. The SMILES string of the molecule is N[C@@H](Cc1ccccc1)C(=O)NC(S)(C(=O)NC1c2ccccc2CC1O)c1ccccc1. The van der Waals surface area contributed by atoms with Gasteiger partial charge in [0, 0.05) is 6.42 Å². The Morgan fingerprint density at radius 2 is 1.61 bits per heavy atom. The highest BCUT2D eigenvalue weighted by atomic mass is 32.1. The van der Waals surface area contributed by atoms with E-state index in [-0.39, 0.29) is 0 Å². The van der Waals surface area contributed by atoms with E-state index in [4.69, 9.17) is 5.73 Å². The Balaban J connectivity index is 1.57. The van der Waals surface area contributed by atoms with Crippen LogP contribution in [0.4, 0.5) is 0 Å². The van der Waals surface area contributed by atoms with Gasteiger partial charge in [0.1, 0.15) is 0 Å². The Bertz CT molecular complexity index is 1130. The number of benzene rings is 3. The number of fused-ring (bicyclic) bond motifs is 1. The van der Waals surface area contributed by atoms with Gasteiger partial charge in [0.15, 0.2) is 4.87 Å². The van der Waals surface area contributed by atoms with Gasteiger partial charge in [-0.3, -0.25) is 9.59 Å². The molecule has 0 aromatic heterocycles. The maximum atomic E-state index is 13.5. The topological polar surface area (TPSA) is 104 Å². The maximum Gasteiger partial charge on any atom is 0.261 e. The van der Waals surface area contributed by atoms with Crippen molar-refractivity contribution in [2.24, 2.45) is 5.73 Å². The number of thiol groups is 1. The lowest BCUT2D eigenvalue weighted by Gasteiger charge is -2.32. The molecular formula is C26H27N3O3S. The van der Waals surface area contributed by atoms with E-state index in [0.717, 1.165) is 16.7 Å². The van der Waals surface area contributed by atoms with Crippen molar-refractivity contribution in [2.45, 2.75) is 35.9 Å². The van der Waals surface area contributed by atoms with E-state index in [1.807, 2.05) is 60.7 Å². The Hall–Kier alpha value is -3.13. The molecule has 0 aliphatic heterocycles. The number of nitrogens with two attached hydrogens (primary N) is 1. The Morgan fingerprint density at radius 1 is 1.00 bits per heavy atom. The van der Waals surface area contributed by atoms with Crippen LogP contribution in [-0.4, -0.2) is 29.1 Å². The second kappa shape index (κ2) is 9.79. The molecule has 0 saturated heterocycles. The van der Waals surface area contributed by atoms with Gasteiger partial charge < -0.3 is 21.5 Å². The van der Waals surface area contributed by atoms with Gasteiger partial charge in [-0.05, 0) is 28.7 Å². The monoisotopic (exact) mass is 461 g/mol. The molecular weight excluding hydrogens is 434 g/mol. The van der Waals surface area contributed by atoms with E-state index >= 15 is 0 Å². The molecule has 0 radical (unpaired) electrons. The normalized spacial score (nSPS) is 19.7. The van der Waals surface area contributed by atoms with Crippen molar-refractivity contribution in [1.29, 1.82) is 0 Å². The van der Waals surface area contributed by atoms with E-state index in [2.05, 4.69) is 23.3 Å². The van der Waals surface area contributed by atoms with Crippen molar-refractivity contribution >= 4 is 24.4 Å². The van der Waals surface area contributed by atoms with Crippen molar-refractivity contribution < 1.29 is 14.7 Å². The summed E-state index contributed by atoms with van der Waals surface area (Å²) >= 11 is 4.65. The van der Waals surface area contributed by atoms with Crippen LogP contribution in [0, 0.1) is 0 Å². The van der Waals surface area contributed by atoms with Crippen molar-refractivity contribution in [2.75, 3.05) is 0 Å². The molecule has 4 rings (SSSR count). The van der Waals surface area contributed by atoms with Gasteiger partial charge in [-0.25, -0.2) is 0 Å². The summed E-state index contributed by atoms with van der Waals surface area (Å²) < 4.78 is 0. The quantitative estimate of drug-likeness (QED) is 0.275. The third-order valence-corrected chi connectivity index (χ3v) is 6.52. The number of aliphatic hydroxyl groups excluding tert-OH is 1. The Labute approximate surface area is 198 Å². The van der Waals surface area contributed by atoms with Gasteiger partial charge >= 0.3 is 0 Å². The van der Waals surface area contributed by atoms with Crippen LogP contribution in [0.2, 0.25) is 0 Å². The molecule has 0 bridgehead atoms. The zero-order valence-corrected chi connectivity index (χ0v) is 18.9. The molecule has 170 valence electrons. The number of carbonyl (C=O) groups excluding carboxylic acids is 2. The van der Waals surface area contributed by atoms with E-state index in [1.165, 1.54) is 0 Å². The zero-order valence-electron chi connectivity index (χ0n) is 18.0. The number of carbonyl (C=O) groups is 2. The molecule has 1 aliphatic rings. The zero-order chi connectivity index (χ0) is 23.4. The van der Waals surface area contributed by atoms with E-state index in [0.29, 0.717) is 18.4 Å². The highest BCUT2D eigenvalue weighted by Gasteiger charge is 2.42. The fourth-order valence-corrected chi connectivity index (χ4v) is 4.49. The molecule has 2 amide bonds. The third kappa shape index (κ3) is 4.95. The van der Waals surface area contributed by atoms with Crippen LogP contribution in [0.1, 0.15) is 28.3 Å². The first-order valence-electron chi connectivity index (χ1n) is 10.8. The van der Waals surface area contributed by atoms with E-state index in [9.17, 15) is 14.7 Å². The molecule has 0 spiro atoms. The number of hydrogen-bond donors (Lipinski definition) is 5. The fraction of sp³-hybridized carbons (Fsp3) is 0.231. The number of amides is 2. The van der Waals surface area contributed by atoms with Crippen LogP contribution in [0.15, 0.2) is 84.9 Å². The van der Waals surface area contributed by atoms with Gasteiger partial charge in [-0.15, -0.1) is 12.6 Å². The molecule has 33 heavy (non-hydrogen) atoms. The minimum absolute atomic E-state index is 0.321. The highest BCUT2D eigenvalue weighted by Crippen LogP contribution is 2.33. The second-order valence-corrected chi connectivity index (χ2v) is 8.95. The summed E-state index contributed by atoms with van der Waals surface area (Å²) in [5.41, 5.74) is 9.41. The van der Waals surface area contributed by atoms with Crippen LogP contribution < -0.4 is 16.4 Å². The molecule has 0 fully saturated rings. The molecule has 6 nitrogen and oxygen atoms in total. The van der Waals surface area contributed by atoms with Gasteiger partial charge in [-0.2, -0.15) is 0 Å². The molecule has 3 aromatic carbocycles. The van der Waals surface area contributed by atoms with Crippen LogP contribution in [0.25, 0.3) is 0 Å². The standard InChI is InChI=1S/C26H27N3O3S/c27-21(15-17-9-3-1-4-10-17)24(31)29-26(33,19-12-5-2-6-13-19)25(32)28-23-20-14-8-7-11-18(20)16-22(23)30/h1-14,21-23,30,33H,15-16,27H2,(H,28,32)(H,29,31)/t21-,22?,23?,26?/m0/s1. The summed E-state index contributed by atoms with van der Waals surface area (Å²) in [4.78, 5) is 24.9. The first-order chi connectivity index (χ1) is 15.9. The third-order valence-electron chi connectivity index (χ3n) is 5.95. The van der Waals surface area contributed by atoms with Crippen LogP contribution in [-0.2, 0) is 27.3 Å². The molecule has 3 unspecified atom stereocenters. The largest absolute Gasteiger partial charge is 0.390 e. The Kier molecular flexibility index (Phi) is 6.83. The highest BCUT2D eigenvalue weighted by molar-refractivity contribution is 7.82. The molecule has 0 heterocycles. The maximum absolute atomic E-state index is 13.5. The van der Waals surface area contributed by atoms with Gasteiger partial charge in [0.25, 0.3) is 5.91 Å². The molecule has 0 saturated carbocycles. The predicted molar refractivity (Wildman–Crippen MR) is 130 cm³/mol. The molecule has 1 aliphatic carbocycles. The summed E-state index contributed by atoms with van der Waals surface area (Å²) in [5, 5.41) is 16.2. The lowest BCUT2D eigenvalue weighted by atomic mass is 10.0. The average Bonchev–Trinajstić information content (AvgIpc) is 3.15. The number of rotatable bonds is 7. The van der Waals surface area contributed by atoms with Crippen molar-refractivity contribution in [3.63, 3.8) is 0 Å². The van der Waals surface area contributed by atoms with Gasteiger partial charge in [0.05, 0.1) is 18.2 Å². The first-order valence-corrected chi connectivity index (χ1v) is 11.3. The van der Waals surface area contributed by atoms with Crippen LogP contribution >= 0.6 is 12.6 Å². The summed E-state index contributed by atoms with van der Waals surface area (Å²) in [6.45, 7) is 0. The van der Waals surface area contributed by atoms with E-state index in [1.54, 1.807) is 24.3 Å². The second-order valence-electron chi connectivity index (χ2n) is 8.28. The summed E-state index contributed by atoms with van der Waals surface area (Å²) in [5.74, 6) is -1.04. The van der Waals surface area contributed by atoms with Crippen LogP contribution in [0.3, 0.4) is 0 Å². The fourth-order valence-electron chi connectivity index (χ4n) is 4.16. The molecule has 5 N–H and O–H groups in total. The van der Waals surface area contributed by atoms with E-state index < -0.39 is 34.9 Å². The molecule has 7 heteroatoms. The summed E-state index contributed by atoms with van der Waals surface area (Å²) in [6, 6.07) is 24.3. The Morgan fingerprint density at radius 3 is 2.30 bits per heavy atom. The van der Waals surface area contributed by atoms with Crippen molar-refractivity contribution in [1.82, 2.24) is 10.6 Å². The minimum atomic E-state index is -1.68. The van der Waals surface area contributed by atoms with Crippen molar-refractivity contribution in [3.05, 3.63) is 107 Å². The van der Waals surface area contributed by atoms with Crippen LogP contribution in [0.5, 0.6) is 0 Å². The number of aliphatic hydroxyl groups is 1. The van der Waals surface area contributed by atoms with Crippen molar-refractivity contribution in [3.8, 4) is 0 Å². The number of nitrogens with one attached hydrogen (secondary N) is 2.